The summed E-state index contributed by atoms with van der Waals surface area (Å²) in [5.74, 6) is -0.595. The van der Waals surface area contributed by atoms with E-state index >= 15 is 0 Å². The molecule has 0 bridgehead atoms. The molecule has 10 heteroatoms. The number of benzene rings is 2. The summed E-state index contributed by atoms with van der Waals surface area (Å²) >= 11 is -1.29. The van der Waals surface area contributed by atoms with E-state index in [1.54, 1.807) is 65.2 Å². The Morgan fingerprint density at radius 3 is 2.50 bits per heavy atom. The minimum atomic E-state index is -1.29. The highest BCUT2D eigenvalue weighted by Gasteiger charge is 2.29. The molecule has 8 nitrogen and oxygen atoms in total. The third-order valence-corrected chi connectivity index (χ3v) is 7.71. The van der Waals surface area contributed by atoms with Crippen molar-refractivity contribution in [1.29, 1.82) is 0 Å². The number of hydrogen-bond donors (Lipinski definition) is 0. The van der Waals surface area contributed by atoms with Gasteiger partial charge in [0.15, 0.2) is 4.90 Å². The minimum absolute atomic E-state index is 0.142. The van der Waals surface area contributed by atoms with Crippen molar-refractivity contribution in [3.63, 3.8) is 0 Å². The lowest BCUT2D eigenvalue weighted by Gasteiger charge is -2.31. The summed E-state index contributed by atoms with van der Waals surface area (Å²) in [6.07, 6.45) is 7.50. The normalized spacial score (nSPS) is 15.0. The van der Waals surface area contributed by atoms with Gasteiger partial charge in [-0.15, -0.1) is 0 Å². The number of nitrogens with zero attached hydrogens (tertiary/aromatic N) is 4. The second-order valence-corrected chi connectivity index (χ2v) is 10.5. The van der Waals surface area contributed by atoms with Crippen LogP contribution in [-0.2, 0) is 20.7 Å². The molecular formula is C28H27FN4O4S. The Hall–Kier alpha value is -3.76. The van der Waals surface area contributed by atoms with Crippen LogP contribution in [0.3, 0.4) is 0 Å². The molecule has 0 radical (unpaired) electrons. The Labute approximate surface area is 222 Å². The predicted octanol–water partition coefficient (Wildman–Crippen LogP) is 4.38. The second-order valence-electron chi connectivity index (χ2n) is 9.12. The summed E-state index contributed by atoms with van der Waals surface area (Å²) in [7, 11) is 0. The van der Waals surface area contributed by atoms with Crippen LogP contribution in [0.15, 0.2) is 66.0 Å². The lowest BCUT2D eigenvalue weighted by Crippen LogP contribution is -2.40. The Bertz CT molecular complexity index is 1480. The summed E-state index contributed by atoms with van der Waals surface area (Å²) in [6.45, 7) is 3.06. The molecule has 1 saturated heterocycles. The van der Waals surface area contributed by atoms with E-state index in [4.69, 9.17) is 4.74 Å². The first kappa shape index (κ1) is 25.9. The number of amides is 1. The van der Waals surface area contributed by atoms with Gasteiger partial charge in [-0.3, -0.25) is 14.2 Å². The first-order valence-corrected chi connectivity index (χ1v) is 13.9. The lowest BCUT2D eigenvalue weighted by molar-refractivity contribution is -0.149. The molecule has 1 amide bonds. The summed E-state index contributed by atoms with van der Waals surface area (Å²) in [6, 6.07) is 11.7. The van der Waals surface area contributed by atoms with Crippen LogP contribution in [0, 0.1) is 11.7 Å². The average Bonchev–Trinajstić information content (AvgIpc) is 3.32. The van der Waals surface area contributed by atoms with Gasteiger partial charge < -0.3 is 14.2 Å². The van der Waals surface area contributed by atoms with Crippen LogP contribution in [0.5, 0.6) is 0 Å². The van der Waals surface area contributed by atoms with Crippen LogP contribution in [0.2, 0.25) is 0 Å². The number of halogens is 1. The lowest BCUT2D eigenvalue weighted by atomic mass is 9.96. The highest BCUT2D eigenvalue weighted by Crippen LogP contribution is 2.30. The van der Waals surface area contributed by atoms with E-state index in [0.29, 0.717) is 65.6 Å². The Balaban J connectivity index is 1.45. The molecule has 196 valence electrons. The molecule has 0 aliphatic carbocycles. The van der Waals surface area contributed by atoms with Gasteiger partial charge in [-0.1, -0.05) is 18.2 Å². The topological polar surface area (TPSA) is 100 Å². The highest BCUT2D eigenvalue weighted by atomic mass is 32.2. The number of ether oxygens (including phenoxy) is 1. The first-order chi connectivity index (χ1) is 18.4. The molecule has 38 heavy (non-hydrogen) atoms. The van der Waals surface area contributed by atoms with Crippen LogP contribution >= 0.6 is 0 Å². The van der Waals surface area contributed by atoms with Crippen LogP contribution in [0.1, 0.15) is 30.1 Å². The van der Waals surface area contributed by atoms with E-state index in [9.17, 15) is 18.5 Å². The van der Waals surface area contributed by atoms with Gasteiger partial charge in [-0.25, -0.2) is 14.4 Å². The quantitative estimate of drug-likeness (QED) is 0.269. The van der Waals surface area contributed by atoms with E-state index in [-0.39, 0.29) is 23.6 Å². The number of piperidine rings is 1. The third-order valence-electron chi connectivity index (χ3n) is 6.77. The minimum Gasteiger partial charge on any atom is -0.612 e. The maximum Gasteiger partial charge on any atom is 0.309 e. The predicted molar refractivity (Wildman–Crippen MR) is 142 cm³/mol. The maximum atomic E-state index is 14.2. The van der Waals surface area contributed by atoms with Gasteiger partial charge in [-0.2, -0.15) is 0 Å². The Morgan fingerprint density at radius 1 is 1.13 bits per heavy atom. The fraction of sp³-hybridized carbons (Fsp3) is 0.286. The number of rotatable bonds is 6. The van der Waals surface area contributed by atoms with Crippen molar-refractivity contribution < 1.29 is 23.3 Å². The summed E-state index contributed by atoms with van der Waals surface area (Å²) in [5, 5.41) is 0.727. The van der Waals surface area contributed by atoms with Crippen LogP contribution < -0.4 is 0 Å². The van der Waals surface area contributed by atoms with Crippen LogP contribution in [0.4, 0.5) is 4.39 Å². The van der Waals surface area contributed by atoms with Gasteiger partial charge in [0, 0.05) is 42.2 Å². The van der Waals surface area contributed by atoms with E-state index in [1.807, 2.05) is 0 Å². The van der Waals surface area contributed by atoms with Gasteiger partial charge in [-0.05, 0) is 55.2 Å². The molecule has 1 aliphatic rings. The van der Waals surface area contributed by atoms with Gasteiger partial charge >= 0.3 is 5.97 Å². The van der Waals surface area contributed by atoms with Gasteiger partial charge in [0.05, 0.1) is 29.6 Å². The summed E-state index contributed by atoms with van der Waals surface area (Å²) < 4.78 is 33.5. The molecular weight excluding hydrogens is 507 g/mol. The fourth-order valence-corrected chi connectivity index (χ4v) is 5.50. The number of aromatic nitrogens is 3. The van der Waals surface area contributed by atoms with Crippen molar-refractivity contribution in [2.24, 2.45) is 5.92 Å². The molecule has 2 aromatic carbocycles. The standard InChI is InChI=1S/C28H27FN4O4S/c1-3-37-27(35)18-10-12-32(13-11-18)26(34)19-8-9-22-24(14-19)33(17-25(22)38(2)36)28-30-15-20(16-31-28)21-6-4-5-7-23(21)29/h4-9,14-18H,3,10-13H2,1-2H3. The van der Waals surface area contributed by atoms with Crippen LogP contribution in [0.25, 0.3) is 28.0 Å². The maximum absolute atomic E-state index is 14.2. The number of carbonyl (C=O) groups is 2. The first-order valence-electron chi connectivity index (χ1n) is 12.4. The van der Waals surface area contributed by atoms with E-state index in [0.717, 1.165) is 5.39 Å². The zero-order valence-corrected chi connectivity index (χ0v) is 21.9. The van der Waals surface area contributed by atoms with Gasteiger partial charge in [0.1, 0.15) is 12.1 Å². The molecule has 3 heterocycles. The van der Waals surface area contributed by atoms with Crippen molar-refractivity contribution in [3.8, 4) is 17.1 Å². The van der Waals surface area contributed by atoms with Gasteiger partial charge in [0.2, 0.25) is 5.95 Å². The van der Waals surface area contributed by atoms with Crippen LogP contribution in [-0.4, -0.2) is 61.8 Å². The Kier molecular flexibility index (Phi) is 7.44. The van der Waals surface area contributed by atoms with E-state index < -0.39 is 11.2 Å². The molecule has 0 saturated carbocycles. The molecule has 4 aromatic rings. The van der Waals surface area contributed by atoms with Gasteiger partial charge in [0.25, 0.3) is 5.91 Å². The zero-order valence-electron chi connectivity index (χ0n) is 21.1. The molecule has 1 unspecified atom stereocenters. The Morgan fingerprint density at radius 2 is 1.84 bits per heavy atom. The van der Waals surface area contributed by atoms with Crippen molar-refractivity contribution in [3.05, 3.63) is 72.4 Å². The molecule has 0 spiro atoms. The molecule has 0 N–H and O–H groups in total. The largest absolute Gasteiger partial charge is 0.612 e. The number of carbonyl (C=O) groups excluding carboxylic acids is 2. The third kappa shape index (κ3) is 5.01. The van der Waals surface area contributed by atoms with Crippen molar-refractivity contribution >= 4 is 34.0 Å². The van der Waals surface area contributed by atoms with Crippen molar-refractivity contribution in [1.82, 2.24) is 19.4 Å². The SMILES string of the molecule is CCOC(=O)C1CCN(C(=O)c2ccc3c([S+](C)[O-])cn(-c4ncc(-c5ccccc5F)cn4)c3c2)CC1. The molecule has 1 fully saturated rings. The van der Waals surface area contributed by atoms with Crippen molar-refractivity contribution in [2.45, 2.75) is 24.7 Å². The summed E-state index contributed by atoms with van der Waals surface area (Å²) in [4.78, 5) is 36.6. The fourth-order valence-electron chi connectivity index (χ4n) is 4.76. The van der Waals surface area contributed by atoms with E-state index in [1.165, 1.54) is 18.5 Å². The molecule has 2 aromatic heterocycles. The smallest absolute Gasteiger partial charge is 0.309 e. The highest BCUT2D eigenvalue weighted by molar-refractivity contribution is 7.91. The number of fused-ring (bicyclic) bond motifs is 1. The van der Waals surface area contributed by atoms with Crippen molar-refractivity contribution in [2.75, 3.05) is 26.0 Å². The summed E-state index contributed by atoms with van der Waals surface area (Å²) in [5.41, 5.74) is 2.04. The van der Waals surface area contributed by atoms with E-state index in [2.05, 4.69) is 9.97 Å². The second kappa shape index (κ2) is 10.9. The monoisotopic (exact) mass is 534 g/mol. The number of esters is 1. The zero-order chi connectivity index (χ0) is 26.8. The molecule has 1 aliphatic heterocycles. The number of likely N-dealkylation sites (tertiary alicyclic amines) is 1. The number of hydrogen-bond acceptors (Lipinski definition) is 6. The molecule has 5 rings (SSSR count). The molecule has 1 atom stereocenters. The average molecular weight is 535 g/mol.